The normalized spacial score (nSPS) is 13.3. The number of imidazole rings is 1. The van der Waals surface area contributed by atoms with E-state index in [1.807, 2.05) is 16.8 Å². The van der Waals surface area contributed by atoms with E-state index in [1.165, 1.54) is 5.56 Å². The molecular weight excluding hydrogens is 224 g/mol. The highest BCUT2D eigenvalue weighted by Gasteiger charge is 2.18. The van der Waals surface area contributed by atoms with Crippen LogP contribution in [-0.4, -0.2) is 14.5 Å². The van der Waals surface area contributed by atoms with E-state index in [0.717, 1.165) is 43.0 Å². The molecule has 0 amide bonds. The van der Waals surface area contributed by atoms with Crippen LogP contribution >= 0.6 is 0 Å². The first-order valence-corrected chi connectivity index (χ1v) is 6.29. The molecule has 0 bridgehead atoms. The molecule has 4 heteroatoms. The van der Waals surface area contributed by atoms with Gasteiger partial charge in [0.05, 0.1) is 5.56 Å². The standard InChI is InChI=1S/C14H14N4/c1-2-13-16-6-7-18(13)14-11(9-15)8-10-4-3-5-12(10)17-14/h6-8H,2-5H2,1H3. The van der Waals surface area contributed by atoms with E-state index in [4.69, 9.17) is 0 Å². The van der Waals surface area contributed by atoms with E-state index in [2.05, 4.69) is 23.0 Å². The lowest BCUT2D eigenvalue weighted by Crippen LogP contribution is -2.06. The van der Waals surface area contributed by atoms with Crippen molar-refractivity contribution in [2.75, 3.05) is 0 Å². The third-order valence-corrected chi connectivity index (χ3v) is 3.41. The zero-order valence-electron chi connectivity index (χ0n) is 10.3. The summed E-state index contributed by atoms with van der Waals surface area (Å²) in [4.78, 5) is 8.97. The van der Waals surface area contributed by atoms with Crippen molar-refractivity contribution < 1.29 is 0 Å². The van der Waals surface area contributed by atoms with Gasteiger partial charge in [0.1, 0.15) is 11.9 Å². The Morgan fingerprint density at radius 3 is 3.11 bits per heavy atom. The second-order valence-corrected chi connectivity index (χ2v) is 4.50. The number of hydrogen-bond acceptors (Lipinski definition) is 3. The van der Waals surface area contributed by atoms with Gasteiger partial charge < -0.3 is 0 Å². The van der Waals surface area contributed by atoms with Crippen molar-refractivity contribution in [3.8, 4) is 11.9 Å². The van der Waals surface area contributed by atoms with E-state index in [-0.39, 0.29) is 0 Å². The van der Waals surface area contributed by atoms with Gasteiger partial charge in [0, 0.05) is 24.5 Å². The minimum atomic E-state index is 0.642. The molecule has 0 radical (unpaired) electrons. The van der Waals surface area contributed by atoms with Gasteiger partial charge in [-0.05, 0) is 30.9 Å². The molecule has 0 aliphatic heterocycles. The predicted octanol–water partition coefficient (Wildman–Crippen LogP) is 2.19. The summed E-state index contributed by atoms with van der Waals surface area (Å²) in [7, 11) is 0. The smallest absolute Gasteiger partial charge is 0.156 e. The lowest BCUT2D eigenvalue weighted by Gasteiger charge is -2.09. The molecule has 18 heavy (non-hydrogen) atoms. The third kappa shape index (κ3) is 1.60. The Labute approximate surface area is 106 Å². The number of rotatable bonds is 2. The van der Waals surface area contributed by atoms with Gasteiger partial charge >= 0.3 is 0 Å². The largest absolute Gasteiger partial charge is 0.287 e. The van der Waals surface area contributed by atoms with Crippen LogP contribution in [0.15, 0.2) is 18.5 Å². The monoisotopic (exact) mass is 238 g/mol. The number of fused-ring (bicyclic) bond motifs is 1. The molecule has 0 atom stereocenters. The number of pyridine rings is 1. The Hall–Kier alpha value is -2.15. The van der Waals surface area contributed by atoms with Crippen LogP contribution in [-0.2, 0) is 19.3 Å². The summed E-state index contributed by atoms with van der Waals surface area (Å²) in [6.45, 7) is 2.05. The van der Waals surface area contributed by atoms with Gasteiger partial charge in [-0.15, -0.1) is 0 Å². The Kier molecular flexibility index (Phi) is 2.60. The minimum absolute atomic E-state index is 0.642. The first-order valence-electron chi connectivity index (χ1n) is 6.29. The summed E-state index contributed by atoms with van der Waals surface area (Å²) in [6, 6.07) is 4.24. The van der Waals surface area contributed by atoms with Crippen molar-refractivity contribution in [1.29, 1.82) is 5.26 Å². The zero-order chi connectivity index (χ0) is 12.5. The fourth-order valence-electron chi connectivity index (χ4n) is 2.52. The maximum atomic E-state index is 9.29. The van der Waals surface area contributed by atoms with Gasteiger partial charge in [0.2, 0.25) is 0 Å². The van der Waals surface area contributed by atoms with Crippen molar-refractivity contribution >= 4 is 0 Å². The molecule has 2 aromatic rings. The van der Waals surface area contributed by atoms with Crippen LogP contribution in [0, 0.1) is 11.3 Å². The molecule has 0 unspecified atom stereocenters. The lowest BCUT2D eigenvalue weighted by atomic mass is 10.1. The van der Waals surface area contributed by atoms with Gasteiger partial charge in [-0.1, -0.05) is 6.92 Å². The SMILES string of the molecule is CCc1nccn1-c1nc2c(cc1C#N)CCC2. The maximum Gasteiger partial charge on any atom is 0.156 e. The summed E-state index contributed by atoms with van der Waals surface area (Å²) >= 11 is 0. The summed E-state index contributed by atoms with van der Waals surface area (Å²) in [5.74, 6) is 1.67. The lowest BCUT2D eigenvalue weighted by molar-refractivity contribution is 0.849. The Balaban J connectivity index is 2.20. The fourth-order valence-corrected chi connectivity index (χ4v) is 2.52. The van der Waals surface area contributed by atoms with Crippen LogP contribution < -0.4 is 0 Å². The molecule has 2 aromatic heterocycles. The molecule has 3 rings (SSSR count). The zero-order valence-corrected chi connectivity index (χ0v) is 10.3. The van der Waals surface area contributed by atoms with Crippen LogP contribution in [0.1, 0.15) is 36.0 Å². The summed E-state index contributed by atoms with van der Waals surface area (Å²) in [6.07, 6.45) is 7.67. The van der Waals surface area contributed by atoms with Crippen molar-refractivity contribution in [1.82, 2.24) is 14.5 Å². The number of nitriles is 1. The summed E-state index contributed by atoms with van der Waals surface area (Å²) in [5.41, 5.74) is 3.01. The molecule has 0 spiro atoms. The molecule has 1 aliphatic carbocycles. The van der Waals surface area contributed by atoms with Gasteiger partial charge in [-0.3, -0.25) is 4.57 Å². The van der Waals surface area contributed by atoms with E-state index in [1.54, 1.807) is 6.20 Å². The molecule has 4 nitrogen and oxygen atoms in total. The Bertz CT molecular complexity index is 634. The predicted molar refractivity (Wildman–Crippen MR) is 67.5 cm³/mol. The number of hydrogen-bond donors (Lipinski definition) is 0. The summed E-state index contributed by atoms with van der Waals surface area (Å²) in [5, 5.41) is 9.29. The van der Waals surface area contributed by atoms with Gasteiger partial charge in [-0.25, -0.2) is 9.97 Å². The van der Waals surface area contributed by atoms with Crippen LogP contribution in [0.2, 0.25) is 0 Å². The van der Waals surface area contributed by atoms with Gasteiger partial charge in [0.25, 0.3) is 0 Å². The topological polar surface area (TPSA) is 54.5 Å². The molecule has 1 aliphatic rings. The molecule has 0 N–H and O–H groups in total. The molecule has 2 heterocycles. The molecule has 0 saturated heterocycles. The maximum absolute atomic E-state index is 9.29. The minimum Gasteiger partial charge on any atom is -0.287 e. The second-order valence-electron chi connectivity index (χ2n) is 4.50. The Morgan fingerprint density at radius 2 is 2.33 bits per heavy atom. The van der Waals surface area contributed by atoms with Crippen molar-refractivity contribution in [3.05, 3.63) is 41.1 Å². The van der Waals surface area contributed by atoms with Crippen molar-refractivity contribution in [2.24, 2.45) is 0 Å². The van der Waals surface area contributed by atoms with E-state index in [0.29, 0.717) is 5.56 Å². The van der Waals surface area contributed by atoms with E-state index in [9.17, 15) is 5.26 Å². The highest BCUT2D eigenvalue weighted by atomic mass is 15.1. The highest BCUT2D eigenvalue weighted by Crippen LogP contribution is 2.24. The molecule has 0 aromatic carbocycles. The fraction of sp³-hybridized carbons (Fsp3) is 0.357. The number of aromatic nitrogens is 3. The second kappa shape index (κ2) is 4.26. The van der Waals surface area contributed by atoms with Crippen molar-refractivity contribution in [2.45, 2.75) is 32.6 Å². The van der Waals surface area contributed by atoms with Gasteiger partial charge in [0.15, 0.2) is 5.82 Å². The van der Waals surface area contributed by atoms with Crippen molar-refractivity contribution in [3.63, 3.8) is 0 Å². The van der Waals surface area contributed by atoms with Crippen LogP contribution in [0.5, 0.6) is 0 Å². The van der Waals surface area contributed by atoms with Gasteiger partial charge in [-0.2, -0.15) is 5.26 Å². The van der Waals surface area contributed by atoms with Crippen LogP contribution in [0.25, 0.3) is 5.82 Å². The quantitative estimate of drug-likeness (QED) is 0.805. The molecule has 0 saturated carbocycles. The van der Waals surface area contributed by atoms with Crippen LogP contribution in [0.4, 0.5) is 0 Å². The van der Waals surface area contributed by atoms with Crippen LogP contribution in [0.3, 0.4) is 0 Å². The van der Waals surface area contributed by atoms with E-state index >= 15 is 0 Å². The third-order valence-electron chi connectivity index (χ3n) is 3.41. The average molecular weight is 238 g/mol. The average Bonchev–Trinajstić information content (AvgIpc) is 3.04. The van der Waals surface area contributed by atoms with E-state index < -0.39 is 0 Å². The Morgan fingerprint density at radius 1 is 1.44 bits per heavy atom. The number of nitrogens with zero attached hydrogens (tertiary/aromatic N) is 4. The number of aryl methyl sites for hydroxylation is 3. The molecule has 0 fully saturated rings. The first kappa shape index (κ1) is 11.0. The molecular formula is C14H14N4. The molecule has 90 valence electrons. The summed E-state index contributed by atoms with van der Waals surface area (Å²) < 4.78 is 1.93. The first-order chi connectivity index (χ1) is 8.83. The highest BCUT2D eigenvalue weighted by molar-refractivity contribution is 5.48.